The predicted molar refractivity (Wildman–Crippen MR) is 113 cm³/mol. The Morgan fingerprint density at radius 2 is 1.36 bits per heavy atom. The van der Waals surface area contributed by atoms with E-state index in [0.717, 1.165) is 19.3 Å². The fourth-order valence-electron chi connectivity index (χ4n) is 3.14. The molecule has 0 aromatic heterocycles. The Morgan fingerprint density at radius 1 is 0.857 bits per heavy atom. The van der Waals surface area contributed by atoms with Crippen LogP contribution in [0.1, 0.15) is 89.5 Å². The highest BCUT2D eigenvalue weighted by atomic mass is 32.2. The van der Waals surface area contributed by atoms with Gasteiger partial charge in [-0.2, -0.15) is 8.42 Å². The Hall–Kier alpha value is -1.47. The molecule has 0 aliphatic carbocycles. The van der Waals surface area contributed by atoms with Crippen molar-refractivity contribution in [1.29, 1.82) is 0 Å². The zero-order chi connectivity index (χ0) is 20.7. The number of rotatable bonds is 17. The molecule has 0 atom stereocenters. The molecular weight excluding hydrogens is 378 g/mol. The summed E-state index contributed by atoms with van der Waals surface area (Å²) in [5.74, 6) is -0.0366. The average molecular weight is 414 g/mol. The summed E-state index contributed by atoms with van der Waals surface area (Å²) in [5, 5.41) is 10.9. The minimum absolute atomic E-state index is 0.0366. The number of para-hydroxylation sites is 1. The molecule has 7 heteroatoms. The van der Waals surface area contributed by atoms with Gasteiger partial charge in [0.25, 0.3) is 15.8 Å². The number of hydrogen-bond acceptors (Lipinski definition) is 5. The molecule has 0 heterocycles. The van der Waals surface area contributed by atoms with Crippen LogP contribution in [0.25, 0.3) is 0 Å². The Kier molecular flexibility index (Phi) is 12.7. The fraction of sp³-hybridized carbons (Fsp3) is 0.714. The highest BCUT2D eigenvalue weighted by molar-refractivity contribution is 7.86. The molecule has 0 fully saturated rings. The van der Waals surface area contributed by atoms with Gasteiger partial charge in [-0.25, -0.2) is 0 Å². The van der Waals surface area contributed by atoms with Gasteiger partial charge < -0.3 is 0 Å². The first-order valence-corrected chi connectivity index (χ1v) is 12.1. The van der Waals surface area contributed by atoms with E-state index >= 15 is 0 Å². The van der Waals surface area contributed by atoms with E-state index in [1.165, 1.54) is 63.5 Å². The van der Waals surface area contributed by atoms with Crippen molar-refractivity contribution in [2.75, 3.05) is 5.75 Å². The van der Waals surface area contributed by atoms with E-state index in [0.29, 0.717) is 6.42 Å². The van der Waals surface area contributed by atoms with Gasteiger partial charge in [0.1, 0.15) is 0 Å². The maximum Gasteiger partial charge on any atom is 0.274 e. The quantitative estimate of drug-likeness (QED) is 0.132. The SMILES string of the molecule is CCCCCCCCCCCCCCS(=O)(=O)OCc1ccccc1[N+](=O)[O-]. The fourth-order valence-corrected chi connectivity index (χ4v) is 4.13. The summed E-state index contributed by atoms with van der Waals surface area (Å²) < 4.78 is 28.9. The lowest BCUT2D eigenvalue weighted by molar-refractivity contribution is -0.385. The third kappa shape index (κ3) is 11.4. The molecule has 0 spiro atoms. The number of benzene rings is 1. The van der Waals surface area contributed by atoms with Gasteiger partial charge in [0, 0.05) is 6.07 Å². The van der Waals surface area contributed by atoms with E-state index in [1.54, 1.807) is 12.1 Å². The summed E-state index contributed by atoms with van der Waals surface area (Å²) >= 11 is 0. The van der Waals surface area contributed by atoms with Crippen LogP contribution in [0.15, 0.2) is 24.3 Å². The first-order valence-electron chi connectivity index (χ1n) is 10.6. The average Bonchev–Trinajstić information content (AvgIpc) is 2.67. The minimum Gasteiger partial charge on any atom is -0.265 e. The molecule has 0 saturated heterocycles. The van der Waals surface area contributed by atoms with Gasteiger partial charge in [-0.1, -0.05) is 89.7 Å². The minimum atomic E-state index is -3.66. The van der Waals surface area contributed by atoms with E-state index in [4.69, 9.17) is 4.18 Å². The van der Waals surface area contributed by atoms with Gasteiger partial charge in [0.2, 0.25) is 0 Å². The van der Waals surface area contributed by atoms with E-state index in [-0.39, 0.29) is 23.6 Å². The zero-order valence-corrected chi connectivity index (χ0v) is 17.9. The molecule has 1 aromatic rings. The second-order valence-corrected chi connectivity index (χ2v) is 9.06. The summed E-state index contributed by atoms with van der Waals surface area (Å²) in [6, 6.07) is 6.03. The second kappa shape index (κ2) is 14.5. The smallest absolute Gasteiger partial charge is 0.265 e. The largest absolute Gasteiger partial charge is 0.274 e. The molecule has 28 heavy (non-hydrogen) atoms. The van der Waals surface area contributed by atoms with Crippen LogP contribution in [0.3, 0.4) is 0 Å². The standard InChI is InChI=1S/C21H35NO5S/c1-2-3-4-5-6-7-8-9-10-11-12-15-18-28(25,26)27-19-20-16-13-14-17-21(20)22(23)24/h13-14,16-17H,2-12,15,18-19H2,1H3. The number of unbranched alkanes of at least 4 members (excludes halogenated alkanes) is 11. The lowest BCUT2D eigenvalue weighted by atomic mass is 10.1. The molecule has 0 bridgehead atoms. The summed E-state index contributed by atoms with van der Waals surface area (Å²) in [6.07, 6.45) is 14.1. The molecule has 0 aliphatic heterocycles. The Morgan fingerprint density at radius 3 is 1.89 bits per heavy atom. The highest BCUT2D eigenvalue weighted by Crippen LogP contribution is 2.19. The van der Waals surface area contributed by atoms with E-state index in [9.17, 15) is 18.5 Å². The molecule has 0 unspecified atom stereocenters. The summed E-state index contributed by atoms with van der Waals surface area (Å²) in [7, 11) is -3.66. The summed E-state index contributed by atoms with van der Waals surface area (Å²) in [6.45, 7) is 1.93. The Labute approximate surface area is 170 Å². The lowest BCUT2D eigenvalue weighted by Crippen LogP contribution is -2.11. The van der Waals surface area contributed by atoms with E-state index in [2.05, 4.69) is 6.92 Å². The first kappa shape index (κ1) is 24.6. The molecule has 0 radical (unpaired) electrons. The maximum absolute atomic E-state index is 12.0. The van der Waals surface area contributed by atoms with Crippen molar-refractivity contribution >= 4 is 15.8 Å². The molecule has 1 aromatic carbocycles. The third-order valence-electron chi connectivity index (χ3n) is 4.83. The van der Waals surface area contributed by atoms with Crippen LogP contribution in [0.4, 0.5) is 5.69 Å². The lowest BCUT2D eigenvalue weighted by Gasteiger charge is -2.06. The van der Waals surface area contributed by atoms with Crippen molar-refractivity contribution in [2.24, 2.45) is 0 Å². The number of nitro benzene ring substituents is 1. The van der Waals surface area contributed by atoms with Crippen LogP contribution >= 0.6 is 0 Å². The van der Waals surface area contributed by atoms with Gasteiger partial charge >= 0.3 is 0 Å². The van der Waals surface area contributed by atoms with Crippen LogP contribution in [-0.2, 0) is 20.9 Å². The number of nitrogens with zero attached hydrogens (tertiary/aromatic N) is 1. The van der Waals surface area contributed by atoms with Gasteiger partial charge in [0.05, 0.1) is 22.8 Å². The molecule has 0 saturated carbocycles. The van der Waals surface area contributed by atoms with Crippen LogP contribution in [0.5, 0.6) is 0 Å². The Bertz CT molecular complexity index is 661. The maximum atomic E-state index is 12.0. The molecule has 160 valence electrons. The van der Waals surface area contributed by atoms with Crippen molar-refractivity contribution in [3.63, 3.8) is 0 Å². The van der Waals surface area contributed by atoms with E-state index in [1.807, 2.05) is 0 Å². The number of hydrogen-bond donors (Lipinski definition) is 0. The molecule has 6 nitrogen and oxygen atoms in total. The molecule has 0 amide bonds. The topological polar surface area (TPSA) is 86.5 Å². The third-order valence-corrected chi connectivity index (χ3v) is 6.10. The monoisotopic (exact) mass is 413 g/mol. The molecule has 0 N–H and O–H groups in total. The molecule has 0 aliphatic rings. The first-order chi connectivity index (χ1) is 13.5. The van der Waals surface area contributed by atoms with Crippen molar-refractivity contribution in [2.45, 2.75) is 90.6 Å². The van der Waals surface area contributed by atoms with Crippen molar-refractivity contribution in [3.8, 4) is 0 Å². The molecular formula is C21H35NO5S. The second-order valence-electron chi connectivity index (χ2n) is 7.30. The van der Waals surface area contributed by atoms with Gasteiger partial charge in [0.15, 0.2) is 0 Å². The van der Waals surface area contributed by atoms with Crippen LogP contribution in [-0.4, -0.2) is 19.1 Å². The van der Waals surface area contributed by atoms with Crippen molar-refractivity contribution in [3.05, 3.63) is 39.9 Å². The van der Waals surface area contributed by atoms with E-state index < -0.39 is 15.0 Å². The molecule has 1 rings (SSSR count). The van der Waals surface area contributed by atoms with Crippen LogP contribution in [0, 0.1) is 10.1 Å². The zero-order valence-electron chi connectivity index (χ0n) is 17.1. The van der Waals surface area contributed by atoms with Gasteiger partial charge in [-0.05, 0) is 12.5 Å². The summed E-state index contributed by atoms with van der Waals surface area (Å²) in [4.78, 5) is 10.4. The normalized spacial score (nSPS) is 11.6. The Balaban J connectivity index is 2.09. The number of nitro groups is 1. The van der Waals surface area contributed by atoms with Crippen LogP contribution < -0.4 is 0 Å². The highest BCUT2D eigenvalue weighted by Gasteiger charge is 2.16. The van der Waals surface area contributed by atoms with Gasteiger partial charge in [-0.15, -0.1) is 0 Å². The van der Waals surface area contributed by atoms with Gasteiger partial charge in [-0.3, -0.25) is 14.3 Å². The van der Waals surface area contributed by atoms with Crippen molar-refractivity contribution < 1.29 is 17.5 Å². The predicted octanol–water partition coefficient (Wildman–Crippen LogP) is 6.14. The summed E-state index contributed by atoms with van der Waals surface area (Å²) in [5.41, 5.74) is 0.147. The van der Waals surface area contributed by atoms with Crippen molar-refractivity contribution in [1.82, 2.24) is 0 Å². The van der Waals surface area contributed by atoms with Crippen LogP contribution in [0.2, 0.25) is 0 Å².